The minimum absolute atomic E-state index is 0.689. The van der Waals surface area contributed by atoms with Gasteiger partial charge in [-0.1, -0.05) is 29.8 Å². The Balaban J connectivity index is 1.87. The summed E-state index contributed by atoms with van der Waals surface area (Å²) in [6, 6.07) is 10.7. The summed E-state index contributed by atoms with van der Waals surface area (Å²) in [7, 11) is 0. The number of ether oxygens (including phenoxy) is 1. The molecule has 0 N–H and O–H groups in total. The van der Waals surface area contributed by atoms with Gasteiger partial charge in [-0.05, 0) is 38.0 Å². The number of rotatable bonds is 4. The summed E-state index contributed by atoms with van der Waals surface area (Å²) in [6.07, 6.45) is 0. The second-order valence-electron chi connectivity index (χ2n) is 4.42. The summed E-state index contributed by atoms with van der Waals surface area (Å²) in [5.74, 6) is 0. The second-order valence-corrected chi connectivity index (χ2v) is 5.88. The minimum Gasteiger partial charge on any atom is -0.372 e. The van der Waals surface area contributed by atoms with Crippen molar-refractivity contribution >= 4 is 11.3 Å². The molecule has 0 saturated heterocycles. The van der Waals surface area contributed by atoms with E-state index in [2.05, 4.69) is 51.1 Å². The number of benzene rings is 1. The first-order valence-electron chi connectivity index (χ1n) is 5.84. The molecule has 1 aromatic heterocycles. The van der Waals surface area contributed by atoms with Crippen LogP contribution in [0.25, 0.3) is 0 Å². The Morgan fingerprint density at radius 1 is 1.00 bits per heavy atom. The van der Waals surface area contributed by atoms with Gasteiger partial charge in [0.15, 0.2) is 0 Å². The third kappa shape index (κ3) is 3.42. The maximum Gasteiger partial charge on any atom is 0.0732 e. The minimum atomic E-state index is 0.689. The van der Waals surface area contributed by atoms with Gasteiger partial charge in [-0.2, -0.15) is 0 Å². The first kappa shape index (κ1) is 12.3. The topological polar surface area (TPSA) is 9.23 Å². The molecular weight excluding hydrogens is 228 g/mol. The van der Waals surface area contributed by atoms with Crippen LogP contribution in [0.5, 0.6) is 0 Å². The molecule has 0 aliphatic carbocycles. The third-order valence-corrected chi connectivity index (χ3v) is 3.80. The van der Waals surface area contributed by atoms with Gasteiger partial charge in [-0.25, -0.2) is 0 Å². The van der Waals surface area contributed by atoms with Gasteiger partial charge >= 0.3 is 0 Å². The van der Waals surface area contributed by atoms with Crippen molar-refractivity contribution in [3.63, 3.8) is 0 Å². The van der Waals surface area contributed by atoms with Gasteiger partial charge in [0, 0.05) is 9.75 Å². The summed E-state index contributed by atoms with van der Waals surface area (Å²) >= 11 is 1.84. The lowest BCUT2D eigenvalue weighted by Gasteiger charge is -2.04. The summed E-state index contributed by atoms with van der Waals surface area (Å²) in [4.78, 5) is 2.72. The van der Waals surface area contributed by atoms with Gasteiger partial charge in [0.05, 0.1) is 13.2 Å². The highest BCUT2D eigenvalue weighted by Crippen LogP contribution is 2.21. The molecule has 0 atom stereocenters. The fourth-order valence-corrected chi connectivity index (χ4v) is 2.72. The molecule has 2 aromatic rings. The van der Waals surface area contributed by atoms with E-state index in [9.17, 15) is 0 Å². The van der Waals surface area contributed by atoms with Crippen LogP contribution in [-0.4, -0.2) is 0 Å². The van der Waals surface area contributed by atoms with Crippen LogP contribution >= 0.6 is 11.3 Å². The van der Waals surface area contributed by atoms with E-state index in [0.29, 0.717) is 13.2 Å². The Labute approximate surface area is 107 Å². The number of hydrogen-bond acceptors (Lipinski definition) is 2. The van der Waals surface area contributed by atoms with E-state index in [-0.39, 0.29) is 0 Å². The molecule has 0 amide bonds. The third-order valence-electron chi connectivity index (χ3n) is 2.79. The highest BCUT2D eigenvalue weighted by molar-refractivity contribution is 7.12. The summed E-state index contributed by atoms with van der Waals surface area (Å²) in [5.41, 5.74) is 3.85. The average molecular weight is 246 g/mol. The van der Waals surface area contributed by atoms with Crippen LogP contribution in [0.1, 0.15) is 26.4 Å². The largest absolute Gasteiger partial charge is 0.372 e. The highest BCUT2D eigenvalue weighted by Gasteiger charge is 2.02. The van der Waals surface area contributed by atoms with E-state index >= 15 is 0 Å². The van der Waals surface area contributed by atoms with Gasteiger partial charge in [-0.15, -0.1) is 11.3 Å². The molecule has 0 unspecified atom stereocenters. The maximum atomic E-state index is 5.75. The molecule has 0 saturated carbocycles. The summed E-state index contributed by atoms with van der Waals surface area (Å²) in [6.45, 7) is 7.80. The van der Waals surface area contributed by atoms with Crippen LogP contribution in [0, 0.1) is 20.8 Å². The predicted molar refractivity (Wildman–Crippen MR) is 73.5 cm³/mol. The average Bonchev–Trinajstić information content (AvgIpc) is 2.60. The zero-order valence-corrected chi connectivity index (χ0v) is 11.4. The predicted octanol–water partition coefficient (Wildman–Crippen LogP) is 4.39. The van der Waals surface area contributed by atoms with Gasteiger partial charge in [0.25, 0.3) is 0 Å². The second kappa shape index (κ2) is 5.48. The highest BCUT2D eigenvalue weighted by atomic mass is 32.1. The van der Waals surface area contributed by atoms with Crippen LogP contribution in [0.4, 0.5) is 0 Å². The van der Waals surface area contributed by atoms with Crippen LogP contribution in [-0.2, 0) is 18.0 Å². The number of hydrogen-bond donors (Lipinski definition) is 0. The fraction of sp³-hybridized carbons (Fsp3) is 0.333. The lowest BCUT2D eigenvalue weighted by molar-refractivity contribution is 0.107. The quantitative estimate of drug-likeness (QED) is 0.777. The van der Waals surface area contributed by atoms with Crippen molar-refractivity contribution in [3.05, 3.63) is 56.8 Å². The Bertz CT molecular complexity index is 482. The van der Waals surface area contributed by atoms with Gasteiger partial charge in [-0.3, -0.25) is 0 Å². The van der Waals surface area contributed by atoms with Gasteiger partial charge < -0.3 is 4.74 Å². The Hall–Kier alpha value is -1.12. The van der Waals surface area contributed by atoms with Crippen molar-refractivity contribution in [2.24, 2.45) is 0 Å². The zero-order chi connectivity index (χ0) is 12.3. The van der Waals surface area contributed by atoms with Crippen molar-refractivity contribution in [2.45, 2.75) is 34.0 Å². The molecule has 0 bridgehead atoms. The maximum absolute atomic E-state index is 5.75. The van der Waals surface area contributed by atoms with Gasteiger partial charge in [0.1, 0.15) is 0 Å². The summed E-state index contributed by atoms with van der Waals surface area (Å²) < 4.78 is 5.75. The molecule has 0 spiro atoms. The van der Waals surface area contributed by atoms with Crippen molar-refractivity contribution in [2.75, 3.05) is 0 Å². The molecule has 17 heavy (non-hydrogen) atoms. The molecule has 2 rings (SSSR count). The van der Waals surface area contributed by atoms with Crippen molar-refractivity contribution in [1.82, 2.24) is 0 Å². The smallest absolute Gasteiger partial charge is 0.0732 e. The summed E-state index contributed by atoms with van der Waals surface area (Å²) in [5, 5.41) is 0. The van der Waals surface area contributed by atoms with Crippen LogP contribution < -0.4 is 0 Å². The molecule has 90 valence electrons. The molecule has 0 aliphatic heterocycles. The Morgan fingerprint density at radius 3 is 2.29 bits per heavy atom. The normalized spacial score (nSPS) is 10.8. The molecule has 0 radical (unpaired) electrons. The lowest BCUT2D eigenvalue weighted by atomic mass is 10.2. The Kier molecular flexibility index (Phi) is 3.97. The first-order chi connectivity index (χ1) is 8.15. The van der Waals surface area contributed by atoms with E-state index in [1.54, 1.807) is 0 Å². The first-order valence-corrected chi connectivity index (χ1v) is 6.66. The van der Waals surface area contributed by atoms with Crippen LogP contribution in [0.2, 0.25) is 0 Å². The number of aryl methyl sites for hydroxylation is 3. The molecule has 0 aliphatic rings. The van der Waals surface area contributed by atoms with Crippen molar-refractivity contribution < 1.29 is 4.74 Å². The standard InChI is InChI=1S/C15H18OS/c1-11-4-6-14(7-5-11)9-16-10-15-8-12(2)17-13(15)3/h4-8H,9-10H2,1-3H3. The van der Waals surface area contributed by atoms with Crippen LogP contribution in [0.15, 0.2) is 30.3 Å². The molecular formula is C15H18OS. The zero-order valence-electron chi connectivity index (χ0n) is 10.6. The molecule has 0 fully saturated rings. The van der Waals surface area contributed by atoms with E-state index in [1.807, 2.05) is 11.3 Å². The molecule has 2 heteroatoms. The monoisotopic (exact) mass is 246 g/mol. The van der Waals surface area contributed by atoms with Crippen molar-refractivity contribution in [1.29, 1.82) is 0 Å². The van der Waals surface area contributed by atoms with E-state index < -0.39 is 0 Å². The van der Waals surface area contributed by atoms with Gasteiger partial charge in [0.2, 0.25) is 0 Å². The van der Waals surface area contributed by atoms with E-state index in [0.717, 1.165) is 0 Å². The van der Waals surface area contributed by atoms with Crippen molar-refractivity contribution in [3.8, 4) is 0 Å². The van der Waals surface area contributed by atoms with E-state index in [1.165, 1.54) is 26.4 Å². The number of thiophene rings is 1. The Morgan fingerprint density at radius 2 is 1.71 bits per heavy atom. The lowest BCUT2D eigenvalue weighted by Crippen LogP contribution is -1.94. The SMILES string of the molecule is Cc1ccc(COCc2cc(C)sc2C)cc1. The molecule has 1 nitrogen and oxygen atoms in total. The fourth-order valence-electron chi connectivity index (χ4n) is 1.79. The van der Waals surface area contributed by atoms with E-state index in [4.69, 9.17) is 4.74 Å². The van der Waals surface area contributed by atoms with Crippen LogP contribution in [0.3, 0.4) is 0 Å². The molecule has 1 aromatic carbocycles. The molecule has 1 heterocycles.